The van der Waals surface area contributed by atoms with Crippen LogP contribution in [0.4, 0.5) is 27.6 Å². The molecule has 3 rings (SSSR count). The van der Waals surface area contributed by atoms with E-state index >= 15 is 0 Å². The number of fused-ring (bicyclic) bond motifs is 1. The Balaban J connectivity index is 1.85. The van der Waals surface area contributed by atoms with Crippen molar-refractivity contribution in [3.63, 3.8) is 0 Å². The first-order valence-electron chi connectivity index (χ1n) is 7.62. The maximum atomic E-state index is 13.9. The molecule has 2 heterocycles. The molecular formula is C15H13BrF5N3O2S. The van der Waals surface area contributed by atoms with Crippen LogP contribution in [-0.2, 0) is 23.0 Å². The van der Waals surface area contributed by atoms with Crippen molar-refractivity contribution in [3.8, 4) is 0 Å². The third-order valence-electron chi connectivity index (χ3n) is 4.05. The molecule has 1 aliphatic rings. The summed E-state index contributed by atoms with van der Waals surface area (Å²) in [5.74, 6) is -1.83. The molecular weight excluding hydrogens is 461 g/mol. The van der Waals surface area contributed by atoms with Gasteiger partial charge in [-0.1, -0.05) is 0 Å². The minimum atomic E-state index is -4.36. The third-order valence-corrected chi connectivity index (χ3v) is 6.09. The number of nitrogens with one attached hydrogen (secondary N) is 2. The standard InChI is InChI=1S/C15H13BrF5N3O2S/c16-9-3-11(18)12(4-10(9)17)23-27(25,26)14-5-22-13-6-24(2-1-8(13)14)7-15(19,20)21/h3-5,22-23H,1-2,6-7H2. The molecule has 12 heteroatoms. The zero-order valence-corrected chi connectivity index (χ0v) is 15.9. The van der Waals surface area contributed by atoms with Crippen molar-refractivity contribution < 1.29 is 30.4 Å². The van der Waals surface area contributed by atoms with Gasteiger partial charge in [-0.2, -0.15) is 13.2 Å². The smallest absolute Gasteiger partial charge is 0.362 e. The highest BCUT2D eigenvalue weighted by Gasteiger charge is 2.34. The van der Waals surface area contributed by atoms with Gasteiger partial charge in [0.05, 0.1) is 16.7 Å². The lowest BCUT2D eigenvalue weighted by molar-refractivity contribution is -0.147. The Bertz CT molecular complexity index is 975. The van der Waals surface area contributed by atoms with Crippen LogP contribution in [0.25, 0.3) is 0 Å². The number of aromatic amines is 1. The number of anilines is 1. The highest BCUT2D eigenvalue weighted by Crippen LogP contribution is 2.30. The summed E-state index contributed by atoms with van der Waals surface area (Å²) in [5, 5.41) is 0. The molecule has 5 nitrogen and oxygen atoms in total. The molecule has 0 saturated carbocycles. The third kappa shape index (κ3) is 4.43. The maximum absolute atomic E-state index is 13.9. The first-order chi connectivity index (χ1) is 12.5. The topological polar surface area (TPSA) is 65.2 Å². The second kappa shape index (κ2) is 7.06. The van der Waals surface area contributed by atoms with Gasteiger partial charge in [-0.3, -0.25) is 9.62 Å². The molecule has 0 bridgehead atoms. The summed E-state index contributed by atoms with van der Waals surface area (Å²) in [6, 6.07) is 1.48. The number of nitrogens with zero attached hydrogens (tertiary/aromatic N) is 1. The molecule has 0 amide bonds. The predicted molar refractivity (Wildman–Crippen MR) is 90.7 cm³/mol. The number of hydrogen-bond acceptors (Lipinski definition) is 3. The van der Waals surface area contributed by atoms with Crippen LogP contribution in [0.1, 0.15) is 11.3 Å². The van der Waals surface area contributed by atoms with E-state index in [0.29, 0.717) is 17.3 Å². The van der Waals surface area contributed by atoms with Crippen LogP contribution in [0.2, 0.25) is 0 Å². The first-order valence-corrected chi connectivity index (χ1v) is 9.89. The van der Waals surface area contributed by atoms with Gasteiger partial charge in [0, 0.05) is 31.0 Å². The van der Waals surface area contributed by atoms with Crippen LogP contribution in [0, 0.1) is 11.6 Å². The summed E-state index contributed by atoms with van der Waals surface area (Å²) in [4.78, 5) is 3.61. The lowest BCUT2D eigenvalue weighted by atomic mass is 10.1. The van der Waals surface area contributed by atoms with Gasteiger partial charge in [0.1, 0.15) is 16.5 Å². The van der Waals surface area contributed by atoms with Gasteiger partial charge in [-0.05, 0) is 34.0 Å². The molecule has 0 atom stereocenters. The van der Waals surface area contributed by atoms with Gasteiger partial charge < -0.3 is 4.98 Å². The van der Waals surface area contributed by atoms with E-state index < -0.39 is 40.1 Å². The summed E-state index contributed by atoms with van der Waals surface area (Å²) in [5.41, 5.74) is 0.104. The molecule has 0 fully saturated rings. The lowest BCUT2D eigenvalue weighted by Crippen LogP contribution is -2.38. The number of hydrogen-bond donors (Lipinski definition) is 2. The number of benzene rings is 1. The molecule has 1 aromatic heterocycles. The fraction of sp³-hybridized carbons (Fsp3) is 0.333. The van der Waals surface area contributed by atoms with Crippen molar-refractivity contribution >= 4 is 31.6 Å². The van der Waals surface area contributed by atoms with Crippen molar-refractivity contribution in [2.75, 3.05) is 17.8 Å². The Morgan fingerprint density at radius 3 is 2.59 bits per heavy atom. The number of H-pyrrole nitrogens is 1. The van der Waals surface area contributed by atoms with Crippen molar-refractivity contribution in [1.82, 2.24) is 9.88 Å². The summed E-state index contributed by atoms with van der Waals surface area (Å²) in [7, 11) is -4.26. The van der Waals surface area contributed by atoms with Gasteiger partial charge in [-0.25, -0.2) is 17.2 Å². The van der Waals surface area contributed by atoms with E-state index in [2.05, 4.69) is 20.9 Å². The molecule has 148 valence electrons. The Labute approximate surface area is 159 Å². The first kappa shape index (κ1) is 20.1. The molecule has 0 unspecified atom stereocenters. The molecule has 27 heavy (non-hydrogen) atoms. The van der Waals surface area contributed by atoms with Crippen LogP contribution in [0.5, 0.6) is 0 Å². The summed E-state index contributed by atoms with van der Waals surface area (Å²) >= 11 is 2.79. The molecule has 1 aromatic carbocycles. The summed E-state index contributed by atoms with van der Waals surface area (Å²) in [6.45, 7) is -1.17. The van der Waals surface area contributed by atoms with Crippen molar-refractivity contribution in [3.05, 3.63) is 45.7 Å². The van der Waals surface area contributed by atoms with Gasteiger partial charge >= 0.3 is 6.18 Å². The summed E-state index contributed by atoms with van der Waals surface area (Å²) in [6.07, 6.45) is -3.15. The minimum Gasteiger partial charge on any atom is -0.362 e. The van der Waals surface area contributed by atoms with Crippen molar-refractivity contribution in [2.24, 2.45) is 0 Å². The van der Waals surface area contributed by atoms with Gasteiger partial charge in [0.15, 0.2) is 0 Å². The monoisotopic (exact) mass is 473 g/mol. The molecule has 0 spiro atoms. The lowest BCUT2D eigenvalue weighted by Gasteiger charge is -2.27. The minimum absolute atomic E-state index is 0.0220. The summed E-state index contributed by atoms with van der Waals surface area (Å²) < 4.78 is 92.0. The van der Waals surface area contributed by atoms with E-state index in [4.69, 9.17) is 0 Å². The number of rotatable bonds is 4. The van der Waals surface area contributed by atoms with Gasteiger partial charge in [0.2, 0.25) is 0 Å². The maximum Gasteiger partial charge on any atom is 0.401 e. The molecule has 2 N–H and O–H groups in total. The Morgan fingerprint density at radius 1 is 1.22 bits per heavy atom. The van der Waals surface area contributed by atoms with Crippen LogP contribution in [0.15, 0.2) is 27.7 Å². The SMILES string of the molecule is O=S(=O)(Nc1cc(F)c(Br)cc1F)c1c[nH]c2c1CCN(CC(F)(F)F)C2. The molecule has 0 saturated heterocycles. The van der Waals surface area contributed by atoms with E-state index in [1.807, 2.05) is 4.72 Å². The fourth-order valence-electron chi connectivity index (χ4n) is 2.89. The normalized spacial score (nSPS) is 15.6. The van der Waals surface area contributed by atoms with E-state index in [1.165, 1.54) is 0 Å². The quantitative estimate of drug-likeness (QED) is 0.524. The highest BCUT2D eigenvalue weighted by molar-refractivity contribution is 9.10. The fourth-order valence-corrected chi connectivity index (χ4v) is 4.53. The van der Waals surface area contributed by atoms with Gasteiger partial charge in [0.25, 0.3) is 10.0 Å². The molecule has 0 aliphatic carbocycles. The zero-order chi connectivity index (χ0) is 20.0. The Morgan fingerprint density at radius 2 is 1.93 bits per heavy atom. The Kier molecular flexibility index (Phi) is 5.25. The number of alkyl halides is 3. The molecule has 1 aliphatic heterocycles. The average Bonchev–Trinajstić information content (AvgIpc) is 2.95. The van der Waals surface area contributed by atoms with E-state index in [9.17, 15) is 30.4 Å². The largest absolute Gasteiger partial charge is 0.401 e. The highest BCUT2D eigenvalue weighted by atomic mass is 79.9. The van der Waals surface area contributed by atoms with Crippen LogP contribution < -0.4 is 4.72 Å². The molecule has 0 radical (unpaired) electrons. The number of sulfonamides is 1. The van der Waals surface area contributed by atoms with Crippen molar-refractivity contribution in [2.45, 2.75) is 24.0 Å². The average molecular weight is 474 g/mol. The molecule has 2 aromatic rings. The Hall–Kier alpha value is -1.66. The van der Waals surface area contributed by atoms with Crippen molar-refractivity contribution in [1.29, 1.82) is 0 Å². The second-order valence-corrected chi connectivity index (χ2v) is 8.54. The van der Waals surface area contributed by atoms with E-state index in [1.54, 1.807) is 0 Å². The number of halogens is 6. The van der Waals surface area contributed by atoms with Gasteiger partial charge in [-0.15, -0.1) is 0 Å². The van der Waals surface area contributed by atoms with Crippen LogP contribution in [0.3, 0.4) is 0 Å². The van der Waals surface area contributed by atoms with E-state index in [0.717, 1.165) is 17.2 Å². The number of aromatic nitrogens is 1. The second-order valence-electron chi connectivity index (χ2n) is 6.04. The zero-order valence-electron chi connectivity index (χ0n) is 13.5. The van der Waals surface area contributed by atoms with Crippen LogP contribution >= 0.6 is 15.9 Å². The predicted octanol–water partition coefficient (Wildman–Crippen LogP) is 3.78. The van der Waals surface area contributed by atoms with E-state index in [-0.39, 0.29) is 28.9 Å². The van der Waals surface area contributed by atoms with Crippen LogP contribution in [-0.4, -0.2) is 37.6 Å².